The average molecular weight is 412 g/mol. The number of hydrogen-bond acceptors (Lipinski definition) is 7. The summed E-state index contributed by atoms with van der Waals surface area (Å²) < 4.78 is 42.2. The molecule has 0 amide bonds. The quantitative estimate of drug-likeness (QED) is 0.659. The Morgan fingerprint density at radius 2 is 2.03 bits per heavy atom. The standard InChI is InChI=1S/C21H20N2O5S/c1-21-8-9-22-12-20(21)27-18-7-4-15(10-17(18)21)28-29(24,25)16-5-2-14(3-6-16)19-11-23-13-26-19/h2-7,10-11,13,20,22H,8-9,12H2,1H3. The van der Waals surface area contributed by atoms with Gasteiger partial charge in [-0.15, -0.1) is 0 Å². The predicted octanol–water partition coefficient (Wildman–Crippen LogP) is 3.12. The molecule has 0 saturated carbocycles. The molecule has 1 N–H and O–H groups in total. The van der Waals surface area contributed by atoms with Crippen LogP contribution in [0.5, 0.6) is 11.5 Å². The zero-order valence-corrected chi connectivity index (χ0v) is 16.6. The Labute approximate surface area is 168 Å². The van der Waals surface area contributed by atoms with Gasteiger partial charge in [0.05, 0.1) is 6.20 Å². The Balaban J connectivity index is 1.41. The van der Waals surface area contributed by atoms with Crippen molar-refractivity contribution in [2.24, 2.45) is 0 Å². The van der Waals surface area contributed by atoms with Gasteiger partial charge in [-0.1, -0.05) is 6.92 Å². The lowest BCUT2D eigenvalue weighted by Gasteiger charge is -2.35. The van der Waals surface area contributed by atoms with Gasteiger partial charge in [-0.05, 0) is 55.4 Å². The van der Waals surface area contributed by atoms with Gasteiger partial charge in [0.25, 0.3) is 0 Å². The van der Waals surface area contributed by atoms with E-state index in [2.05, 4.69) is 17.2 Å². The van der Waals surface area contributed by atoms with Crippen LogP contribution in [0.15, 0.2) is 64.4 Å². The van der Waals surface area contributed by atoms with Gasteiger partial charge >= 0.3 is 10.1 Å². The lowest BCUT2D eigenvalue weighted by Crippen LogP contribution is -2.49. The zero-order chi connectivity index (χ0) is 20.1. The first-order valence-corrected chi connectivity index (χ1v) is 10.8. The van der Waals surface area contributed by atoms with Crippen LogP contribution in [0.1, 0.15) is 18.9 Å². The summed E-state index contributed by atoms with van der Waals surface area (Å²) in [6, 6.07) is 11.5. The molecule has 1 saturated heterocycles. The van der Waals surface area contributed by atoms with Gasteiger partial charge in [0.1, 0.15) is 22.5 Å². The van der Waals surface area contributed by atoms with E-state index in [0.29, 0.717) is 5.76 Å². The highest BCUT2D eigenvalue weighted by molar-refractivity contribution is 7.87. The molecule has 3 heterocycles. The molecule has 0 radical (unpaired) electrons. The van der Waals surface area contributed by atoms with Gasteiger partial charge in [0.2, 0.25) is 0 Å². The Kier molecular flexibility index (Phi) is 4.15. The fourth-order valence-electron chi connectivity index (χ4n) is 4.03. The largest absolute Gasteiger partial charge is 0.488 e. The van der Waals surface area contributed by atoms with E-state index in [4.69, 9.17) is 13.3 Å². The summed E-state index contributed by atoms with van der Waals surface area (Å²) >= 11 is 0. The van der Waals surface area contributed by atoms with Crippen molar-refractivity contribution in [3.8, 4) is 22.8 Å². The second-order valence-electron chi connectivity index (χ2n) is 7.56. The van der Waals surface area contributed by atoms with E-state index in [1.807, 2.05) is 0 Å². The molecular weight excluding hydrogens is 392 g/mol. The second kappa shape index (κ2) is 6.60. The van der Waals surface area contributed by atoms with Gasteiger partial charge < -0.3 is 18.7 Å². The van der Waals surface area contributed by atoms with Crippen LogP contribution in [0.25, 0.3) is 11.3 Å². The molecule has 3 aromatic rings. The number of nitrogens with zero attached hydrogens (tertiary/aromatic N) is 1. The molecule has 29 heavy (non-hydrogen) atoms. The van der Waals surface area contributed by atoms with Crippen LogP contribution >= 0.6 is 0 Å². The van der Waals surface area contributed by atoms with E-state index >= 15 is 0 Å². The van der Waals surface area contributed by atoms with Crippen LogP contribution in [0.4, 0.5) is 0 Å². The summed E-state index contributed by atoms with van der Waals surface area (Å²) in [6.45, 7) is 3.83. The number of nitrogens with one attached hydrogen (secondary N) is 1. The topological polar surface area (TPSA) is 90.7 Å². The maximum Gasteiger partial charge on any atom is 0.339 e. The zero-order valence-electron chi connectivity index (χ0n) is 15.8. The van der Waals surface area contributed by atoms with Crippen molar-refractivity contribution in [1.82, 2.24) is 10.3 Å². The van der Waals surface area contributed by atoms with Crippen LogP contribution in [-0.2, 0) is 15.5 Å². The molecule has 2 unspecified atom stereocenters. The lowest BCUT2D eigenvalue weighted by atomic mass is 9.74. The molecule has 5 rings (SSSR count). The van der Waals surface area contributed by atoms with Crippen molar-refractivity contribution in [3.05, 3.63) is 60.6 Å². The van der Waals surface area contributed by atoms with Crippen molar-refractivity contribution in [1.29, 1.82) is 0 Å². The molecule has 1 fully saturated rings. The monoisotopic (exact) mass is 412 g/mol. The van der Waals surface area contributed by atoms with Gasteiger partial charge in [-0.2, -0.15) is 8.42 Å². The van der Waals surface area contributed by atoms with Gasteiger partial charge in [-0.3, -0.25) is 0 Å². The molecule has 2 aliphatic rings. The smallest absolute Gasteiger partial charge is 0.339 e. The molecular formula is C21H20N2O5S. The van der Waals surface area contributed by atoms with Crippen molar-refractivity contribution < 1.29 is 21.8 Å². The van der Waals surface area contributed by atoms with Gasteiger partial charge in [-0.25, -0.2) is 4.98 Å². The van der Waals surface area contributed by atoms with Crippen LogP contribution in [0.2, 0.25) is 0 Å². The summed E-state index contributed by atoms with van der Waals surface area (Å²) in [4.78, 5) is 3.94. The van der Waals surface area contributed by atoms with E-state index in [9.17, 15) is 8.42 Å². The Morgan fingerprint density at radius 1 is 1.21 bits per heavy atom. The third-order valence-electron chi connectivity index (χ3n) is 5.76. The summed E-state index contributed by atoms with van der Waals surface area (Å²) in [5.41, 5.74) is 1.58. The molecule has 2 aliphatic heterocycles. The SMILES string of the molecule is CC12CCNCC1Oc1ccc(OS(=O)(=O)c3ccc(-c4cnco4)cc3)cc12. The van der Waals surface area contributed by atoms with E-state index in [1.54, 1.807) is 36.5 Å². The number of benzene rings is 2. The van der Waals surface area contributed by atoms with Crippen molar-refractivity contribution in [2.75, 3.05) is 13.1 Å². The number of fused-ring (bicyclic) bond motifs is 3. The fourth-order valence-corrected chi connectivity index (χ4v) is 4.95. The highest BCUT2D eigenvalue weighted by atomic mass is 32.2. The first-order valence-electron chi connectivity index (χ1n) is 9.41. The Bertz CT molecular complexity index is 1140. The minimum atomic E-state index is -3.96. The van der Waals surface area contributed by atoms with Crippen molar-refractivity contribution in [3.63, 3.8) is 0 Å². The molecule has 2 aromatic carbocycles. The average Bonchev–Trinajstić information content (AvgIpc) is 3.34. The highest BCUT2D eigenvalue weighted by Crippen LogP contribution is 2.47. The molecule has 150 valence electrons. The van der Waals surface area contributed by atoms with E-state index in [0.717, 1.165) is 36.4 Å². The van der Waals surface area contributed by atoms with E-state index < -0.39 is 10.1 Å². The molecule has 2 atom stereocenters. The number of hydrogen-bond donors (Lipinski definition) is 1. The van der Waals surface area contributed by atoms with Gasteiger partial charge in [0.15, 0.2) is 12.2 Å². The summed E-state index contributed by atoms with van der Waals surface area (Å²) in [6.07, 6.45) is 3.86. The molecule has 0 spiro atoms. The lowest BCUT2D eigenvalue weighted by molar-refractivity contribution is 0.124. The van der Waals surface area contributed by atoms with Crippen molar-refractivity contribution in [2.45, 2.75) is 29.8 Å². The number of oxazole rings is 1. The molecule has 1 aromatic heterocycles. The second-order valence-corrected chi connectivity index (χ2v) is 9.11. The minimum Gasteiger partial charge on any atom is -0.488 e. The van der Waals surface area contributed by atoms with Crippen LogP contribution in [0, 0.1) is 0 Å². The van der Waals surface area contributed by atoms with E-state index in [-0.39, 0.29) is 22.2 Å². The number of piperidine rings is 1. The normalized spacial score (nSPS) is 23.1. The summed E-state index contributed by atoms with van der Waals surface area (Å²) in [5, 5.41) is 3.34. The number of ether oxygens (including phenoxy) is 1. The first-order chi connectivity index (χ1) is 14.0. The fraction of sp³-hybridized carbons (Fsp3) is 0.286. The third-order valence-corrected chi connectivity index (χ3v) is 7.02. The van der Waals surface area contributed by atoms with Crippen LogP contribution in [0.3, 0.4) is 0 Å². The van der Waals surface area contributed by atoms with Crippen LogP contribution < -0.4 is 14.2 Å². The Hall–Kier alpha value is -2.84. The first kappa shape index (κ1) is 18.2. The van der Waals surface area contributed by atoms with Gasteiger partial charge in [0, 0.05) is 23.1 Å². The summed E-state index contributed by atoms with van der Waals surface area (Å²) in [5.74, 6) is 1.65. The van der Waals surface area contributed by atoms with E-state index in [1.165, 1.54) is 18.5 Å². The molecule has 0 bridgehead atoms. The Morgan fingerprint density at radius 3 is 2.79 bits per heavy atom. The predicted molar refractivity (Wildman–Crippen MR) is 105 cm³/mol. The highest BCUT2D eigenvalue weighted by Gasteiger charge is 2.46. The maximum absolute atomic E-state index is 12.8. The molecule has 8 heteroatoms. The van der Waals surface area contributed by atoms with Crippen LogP contribution in [-0.4, -0.2) is 32.6 Å². The third kappa shape index (κ3) is 3.08. The number of rotatable bonds is 4. The number of aromatic nitrogens is 1. The van der Waals surface area contributed by atoms with Crippen molar-refractivity contribution >= 4 is 10.1 Å². The maximum atomic E-state index is 12.8. The minimum absolute atomic E-state index is 0.0433. The summed E-state index contributed by atoms with van der Waals surface area (Å²) in [7, 11) is -3.96. The molecule has 0 aliphatic carbocycles. The molecule has 7 nitrogen and oxygen atoms in total.